The third kappa shape index (κ3) is 2.10. The van der Waals surface area contributed by atoms with Crippen LogP contribution < -0.4 is 10.2 Å². The fraction of sp³-hybridized carbons (Fsp3) is 0.625. The van der Waals surface area contributed by atoms with Gasteiger partial charge in [0.2, 0.25) is 0 Å². The summed E-state index contributed by atoms with van der Waals surface area (Å²) < 4.78 is 0. The maximum absolute atomic E-state index is 3.50. The Kier molecular flexibility index (Phi) is 2.87. The van der Waals surface area contributed by atoms with Gasteiger partial charge < -0.3 is 10.2 Å². The standard InChI is InChI=1S/C16H23N3/c1-3-13-11-14(5-6-16(13)17-7-1)19-10-9-18-8-2-4-15(18)12-19/h5-6,11,15,17H,1-4,7-10,12H2. The van der Waals surface area contributed by atoms with Crippen molar-refractivity contribution < 1.29 is 0 Å². The van der Waals surface area contributed by atoms with E-state index in [0.717, 1.165) is 12.6 Å². The minimum absolute atomic E-state index is 0.808. The SMILES string of the molecule is c1cc2c(cc1N1CCN3CCCC3C1)CCCN2. The molecule has 3 heterocycles. The van der Waals surface area contributed by atoms with Crippen molar-refractivity contribution in [3.05, 3.63) is 23.8 Å². The van der Waals surface area contributed by atoms with Crippen molar-refractivity contribution in [1.29, 1.82) is 0 Å². The number of aryl methyl sites for hydroxylation is 1. The van der Waals surface area contributed by atoms with Crippen LogP contribution in [0.25, 0.3) is 0 Å². The number of hydrogen-bond donors (Lipinski definition) is 1. The lowest BCUT2D eigenvalue weighted by molar-refractivity contribution is 0.231. The molecule has 1 N–H and O–H groups in total. The summed E-state index contributed by atoms with van der Waals surface area (Å²) in [6, 6.07) is 7.82. The Bertz CT molecular complexity index is 471. The third-order valence-corrected chi connectivity index (χ3v) is 4.98. The van der Waals surface area contributed by atoms with Crippen molar-refractivity contribution in [1.82, 2.24) is 4.90 Å². The van der Waals surface area contributed by atoms with Gasteiger partial charge in [0.15, 0.2) is 0 Å². The Labute approximate surface area is 115 Å². The van der Waals surface area contributed by atoms with E-state index >= 15 is 0 Å². The molecule has 1 unspecified atom stereocenters. The smallest absolute Gasteiger partial charge is 0.0374 e. The first-order valence-corrected chi connectivity index (χ1v) is 7.76. The van der Waals surface area contributed by atoms with Crippen LogP contribution in [-0.2, 0) is 6.42 Å². The number of nitrogens with zero attached hydrogens (tertiary/aromatic N) is 2. The van der Waals surface area contributed by atoms with E-state index in [1.807, 2.05) is 0 Å². The molecule has 2 saturated heterocycles. The molecule has 3 aliphatic heterocycles. The van der Waals surface area contributed by atoms with Gasteiger partial charge in [0.05, 0.1) is 0 Å². The van der Waals surface area contributed by atoms with Crippen LogP contribution in [0.4, 0.5) is 11.4 Å². The molecule has 0 bridgehead atoms. The van der Waals surface area contributed by atoms with E-state index in [-0.39, 0.29) is 0 Å². The number of fused-ring (bicyclic) bond motifs is 2. The molecule has 3 heteroatoms. The van der Waals surface area contributed by atoms with Crippen LogP contribution in [0.5, 0.6) is 0 Å². The summed E-state index contributed by atoms with van der Waals surface area (Å²) in [6.07, 6.45) is 5.29. The van der Waals surface area contributed by atoms with E-state index in [1.54, 1.807) is 0 Å². The van der Waals surface area contributed by atoms with Gasteiger partial charge >= 0.3 is 0 Å². The Morgan fingerprint density at radius 3 is 3.11 bits per heavy atom. The molecule has 4 rings (SSSR count). The van der Waals surface area contributed by atoms with Gasteiger partial charge in [-0.15, -0.1) is 0 Å². The summed E-state index contributed by atoms with van der Waals surface area (Å²) in [5, 5.41) is 3.50. The molecule has 0 aromatic heterocycles. The fourth-order valence-electron chi connectivity index (χ4n) is 3.88. The molecule has 0 aliphatic carbocycles. The highest BCUT2D eigenvalue weighted by Crippen LogP contribution is 2.30. The van der Waals surface area contributed by atoms with E-state index in [4.69, 9.17) is 0 Å². The van der Waals surface area contributed by atoms with Gasteiger partial charge in [0.1, 0.15) is 0 Å². The van der Waals surface area contributed by atoms with Crippen molar-refractivity contribution in [2.75, 3.05) is 42.9 Å². The highest BCUT2D eigenvalue weighted by molar-refractivity contribution is 5.62. The quantitative estimate of drug-likeness (QED) is 0.833. The van der Waals surface area contributed by atoms with Crippen LogP contribution in [0.15, 0.2) is 18.2 Å². The molecule has 1 aromatic carbocycles. The molecule has 1 aromatic rings. The Morgan fingerprint density at radius 1 is 1.11 bits per heavy atom. The van der Waals surface area contributed by atoms with E-state index in [0.29, 0.717) is 0 Å². The monoisotopic (exact) mass is 257 g/mol. The van der Waals surface area contributed by atoms with Gasteiger partial charge in [0, 0.05) is 43.6 Å². The summed E-state index contributed by atoms with van der Waals surface area (Å²) in [7, 11) is 0. The highest BCUT2D eigenvalue weighted by Gasteiger charge is 2.30. The molecule has 102 valence electrons. The third-order valence-electron chi connectivity index (χ3n) is 4.98. The number of rotatable bonds is 1. The van der Waals surface area contributed by atoms with Gasteiger partial charge in [-0.2, -0.15) is 0 Å². The number of benzene rings is 1. The van der Waals surface area contributed by atoms with Crippen molar-refractivity contribution >= 4 is 11.4 Å². The second-order valence-corrected chi connectivity index (χ2v) is 6.15. The topological polar surface area (TPSA) is 18.5 Å². The molecule has 1 atom stereocenters. The summed E-state index contributed by atoms with van der Waals surface area (Å²) in [5.74, 6) is 0. The van der Waals surface area contributed by atoms with Crippen LogP contribution >= 0.6 is 0 Å². The van der Waals surface area contributed by atoms with Crippen molar-refractivity contribution in [2.24, 2.45) is 0 Å². The van der Waals surface area contributed by atoms with E-state index in [2.05, 4.69) is 33.3 Å². The minimum atomic E-state index is 0.808. The maximum Gasteiger partial charge on any atom is 0.0374 e. The molecule has 0 spiro atoms. The van der Waals surface area contributed by atoms with Crippen LogP contribution in [0.2, 0.25) is 0 Å². The van der Waals surface area contributed by atoms with Gasteiger partial charge in [-0.3, -0.25) is 4.90 Å². The van der Waals surface area contributed by atoms with E-state index in [9.17, 15) is 0 Å². The molecule has 3 aliphatic rings. The maximum atomic E-state index is 3.50. The van der Waals surface area contributed by atoms with E-state index < -0.39 is 0 Å². The average Bonchev–Trinajstić information content (AvgIpc) is 2.94. The van der Waals surface area contributed by atoms with Crippen molar-refractivity contribution in [3.63, 3.8) is 0 Å². The largest absolute Gasteiger partial charge is 0.385 e. The average molecular weight is 257 g/mol. The number of nitrogens with one attached hydrogen (secondary N) is 1. The highest BCUT2D eigenvalue weighted by atomic mass is 15.3. The van der Waals surface area contributed by atoms with Crippen molar-refractivity contribution in [2.45, 2.75) is 31.7 Å². The van der Waals surface area contributed by atoms with Crippen LogP contribution in [0.1, 0.15) is 24.8 Å². The fourth-order valence-corrected chi connectivity index (χ4v) is 3.88. The first-order chi connectivity index (χ1) is 9.40. The predicted octanol–water partition coefficient (Wildman–Crippen LogP) is 2.33. The molecule has 0 amide bonds. The molecule has 0 saturated carbocycles. The lowest BCUT2D eigenvalue weighted by Crippen LogP contribution is -2.50. The molecule has 19 heavy (non-hydrogen) atoms. The molecular weight excluding hydrogens is 234 g/mol. The lowest BCUT2D eigenvalue weighted by Gasteiger charge is -2.39. The minimum Gasteiger partial charge on any atom is -0.385 e. The summed E-state index contributed by atoms with van der Waals surface area (Å²) in [4.78, 5) is 5.28. The molecule has 0 radical (unpaired) electrons. The summed E-state index contributed by atoms with van der Waals surface area (Å²) in [6.45, 7) is 6.13. The zero-order chi connectivity index (χ0) is 12.7. The zero-order valence-electron chi connectivity index (χ0n) is 11.6. The lowest BCUT2D eigenvalue weighted by atomic mass is 10.0. The predicted molar refractivity (Wildman–Crippen MR) is 80.1 cm³/mol. The van der Waals surface area contributed by atoms with Gasteiger partial charge in [0.25, 0.3) is 0 Å². The Morgan fingerprint density at radius 2 is 2.11 bits per heavy atom. The number of hydrogen-bond acceptors (Lipinski definition) is 3. The van der Waals surface area contributed by atoms with Gasteiger partial charge in [-0.1, -0.05) is 0 Å². The van der Waals surface area contributed by atoms with Crippen LogP contribution in [0, 0.1) is 0 Å². The normalized spacial score (nSPS) is 26.7. The molecular formula is C16H23N3. The van der Waals surface area contributed by atoms with Crippen LogP contribution in [-0.4, -0.2) is 43.7 Å². The van der Waals surface area contributed by atoms with Crippen LogP contribution in [0.3, 0.4) is 0 Å². The number of anilines is 2. The van der Waals surface area contributed by atoms with Gasteiger partial charge in [-0.05, 0) is 56.0 Å². The van der Waals surface area contributed by atoms with E-state index in [1.165, 1.54) is 68.8 Å². The first kappa shape index (κ1) is 11.6. The van der Waals surface area contributed by atoms with Gasteiger partial charge in [-0.25, -0.2) is 0 Å². The van der Waals surface area contributed by atoms with Crippen molar-refractivity contribution in [3.8, 4) is 0 Å². The molecule has 2 fully saturated rings. The number of piperazine rings is 1. The first-order valence-electron chi connectivity index (χ1n) is 7.76. The summed E-state index contributed by atoms with van der Waals surface area (Å²) in [5.41, 5.74) is 4.31. The second kappa shape index (κ2) is 4.71. The Balaban J connectivity index is 1.55. The second-order valence-electron chi connectivity index (χ2n) is 6.15. The molecule has 3 nitrogen and oxygen atoms in total. The Hall–Kier alpha value is -1.22. The summed E-state index contributed by atoms with van der Waals surface area (Å²) >= 11 is 0. The zero-order valence-corrected chi connectivity index (χ0v) is 11.6.